The lowest BCUT2D eigenvalue weighted by atomic mass is 10.2. The van der Waals surface area contributed by atoms with E-state index in [2.05, 4.69) is 15.7 Å². The van der Waals surface area contributed by atoms with Crippen molar-refractivity contribution in [1.82, 2.24) is 15.1 Å². The van der Waals surface area contributed by atoms with Crippen LogP contribution in [0.4, 0.5) is 10.6 Å². The fourth-order valence-electron chi connectivity index (χ4n) is 2.00. The number of methoxy groups -OCH3 is 1. The number of nitrogens with zero attached hydrogens (tertiary/aromatic N) is 2. The summed E-state index contributed by atoms with van der Waals surface area (Å²) in [5, 5.41) is 9.73. The highest BCUT2D eigenvalue weighted by atomic mass is 16.5. The number of rotatable bonds is 8. The van der Waals surface area contributed by atoms with Crippen molar-refractivity contribution in [3.05, 3.63) is 54.2 Å². The van der Waals surface area contributed by atoms with E-state index < -0.39 is 0 Å². The van der Waals surface area contributed by atoms with Gasteiger partial charge in [-0.15, -0.1) is 0 Å². The minimum atomic E-state index is -0.273. The molecule has 0 unspecified atom stereocenters. The van der Waals surface area contributed by atoms with Gasteiger partial charge in [-0.3, -0.25) is 10.00 Å². The van der Waals surface area contributed by atoms with Crippen LogP contribution in [0.3, 0.4) is 0 Å². The fraction of sp³-hybridized carbons (Fsp3) is 0.294. The molecule has 0 aliphatic heterocycles. The number of nitrogens with one attached hydrogen (secondary N) is 2. The zero-order valence-corrected chi connectivity index (χ0v) is 13.2. The third-order valence-corrected chi connectivity index (χ3v) is 3.11. The molecule has 2 amide bonds. The maximum Gasteiger partial charge on any atom is 0.320 e. The van der Waals surface area contributed by atoms with Crippen molar-refractivity contribution in [2.45, 2.75) is 13.0 Å². The number of aryl methyl sites for hydroxylation is 1. The van der Waals surface area contributed by atoms with E-state index in [0.29, 0.717) is 19.0 Å². The molecule has 1 aromatic carbocycles. The van der Waals surface area contributed by atoms with Gasteiger partial charge in [0, 0.05) is 39.1 Å². The number of hydrogen-bond acceptors (Lipinski definition) is 3. The standard InChI is InChI=1S/C17H22N4O2/c1-23-14-6-12-21-13-10-16(20-21)19-17(22)18-11-5-9-15-7-3-2-4-8-15/h2-5,7-10,13H,6,11-12,14H2,1H3,(H2,18,19,20,22)/b9-5-. The quantitative estimate of drug-likeness (QED) is 0.736. The van der Waals surface area contributed by atoms with Crippen LogP contribution in [0.15, 0.2) is 48.7 Å². The number of hydrogen-bond donors (Lipinski definition) is 2. The SMILES string of the molecule is COCCCn1ccc(NC(=O)NC/C=C\c2ccccc2)n1. The molecule has 0 radical (unpaired) electrons. The van der Waals surface area contributed by atoms with Gasteiger partial charge >= 0.3 is 6.03 Å². The van der Waals surface area contributed by atoms with Crippen LogP contribution >= 0.6 is 0 Å². The number of benzene rings is 1. The van der Waals surface area contributed by atoms with Gasteiger partial charge < -0.3 is 10.1 Å². The predicted molar refractivity (Wildman–Crippen MR) is 91.2 cm³/mol. The zero-order chi connectivity index (χ0) is 16.3. The highest BCUT2D eigenvalue weighted by Gasteiger charge is 2.03. The number of carbonyl (C=O) groups is 1. The summed E-state index contributed by atoms with van der Waals surface area (Å²) in [5.41, 5.74) is 1.10. The Balaban J connectivity index is 1.69. The largest absolute Gasteiger partial charge is 0.385 e. The van der Waals surface area contributed by atoms with E-state index in [9.17, 15) is 4.79 Å². The number of urea groups is 1. The second kappa shape index (κ2) is 9.42. The molecular formula is C17H22N4O2. The van der Waals surface area contributed by atoms with Gasteiger partial charge in [0.15, 0.2) is 5.82 Å². The summed E-state index contributed by atoms with van der Waals surface area (Å²) >= 11 is 0. The van der Waals surface area contributed by atoms with E-state index in [1.54, 1.807) is 17.9 Å². The van der Waals surface area contributed by atoms with Crippen LogP contribution in [0.1, 0.15) is 12.0 Å². The highest BCUT2D eigenvalue weighted by Crippen LogP contribution is 2.03. The van der Waals surface area contributed by atoms with Crippen LogP contribution < -0.4 is 10.6 Å². The van der Waals surface area contributed by atoms with Gasteiger partial charge in [-0.1, -0.05) is 42.5 Å². The average Bonchev–Trinajstić information content (AvgIpc) is 3.00. The second-order valence-electron chi connectivity index (χ2n) is 4.96. The molecule has 0 saturated carbocycles. The van der Waals surface area contributed by atoms with Gasteiger partial charge in [0.05, 0.1) is 0 Å². The van der Waals surface area contributed by atoms with E-state index in [0.717, 1.165) is 18.5 Å². The first kappa shape index (κ1) is 16.8. The lowest BCUT2D eigenvalue weighted by molar-refractivity contribution is 0.189. The molecule has 2 rings (SSSR count). The van der Waals surface area contributed by atoms with Crippen molar-refractivity contribution < 1.29 is 9.53 Å². The Morgan fingerprint density at radius 2 is 2.13 bits per heavy atom. The van der Waals surface area contributed by atoms with E-state index in [-0.39, 0.29) is 6.03 Å². The summed E-state index contributed by atoms with van der Waals surface area (Å²) in [4.78, 5) is 11.8. The molecule has 1 heterocycles. The minimum Gasteiger partial charge on any atom is -0.385 e. The molecule has 0 aliphatic rings. The Morgan fingerprint density at radius 1 is 1.30 bits per heavy atom. The van der Waals surface area contributed by atoms with Crippen molar-refractivity contribution >= 4 is 17.9 Å². The molecule has 23 heavy (non-hydrogen) atoms. The molecule has 6 heteroatoms. The van der Waals surface area contributed by atoms with Crippen LogP contribution in [0.25, 0.3) is 6.08 Å². The zero-order valence-electron chi connectivity index (χ0n) is 13.2. The maximum atomic E-state index is 11.8. The normalized spacial score (nSPS) is 10.8. The van der Waals surface area contributed by atoms with Crippen molar-refractivity contribution in [2.75, 3.05) is 25.6 Å². The van der Waals surface area contributed by atoms with Crippen LogP contribution in [-0.2, 0) is 11.3 Å². The molecule has 0 saturated heterocycles. The molecule has 0 fully saturated rings. The summed E-state index contributed by atoms with van der Waals surface area (Å²) < 4.78 is 6.78. The van der Waals surface area contributed by atoms with Gasteiger partial charge in [-0.05, 0) is 12.0 Å². The fourth-order valence-corrected chi connectivity index (χ4v) is 2.00. The molecule has 0 aliphatic carbocycles. The molecule has 0 atom stereocenters. The Hall–Kier alpha value is -2.60. The van der Waals surface area contributed by atoms with Gasteiger partial charge in [0.25, 0.3) is 0 Å². The lowest BCUT2D eigenvalue weighted by Crippen LogP contribution is -2.28. The maximum absolute atomic E-state index is 11.8. The number of ether oxygens (including phenoxy) is 1. The molecule has 0 bridgehead atoms. The number of anilines is 1. The summed E-state index contributed by atoms with van der Waals surface area (Å²) in [6, 6.07) is 11.4. The predicted octanol–water partition coefficient (Wildman–Crippen LogP) is 2.75. The lowest BCUT2D eigenvalue weighted by Gasteiger charge is -2.03. The van der Waals surface area contributed by atoms with E-state index in [1.165, 1.54) is 0 Å². The highest BCUT2D eigenvalue weighted by molar-refractivity contribution is 5.88. The Kier molecular flexibility index (Phi) is 6.87. The van der Waals surface area contributed by atoms with Gasteiger partial charge in [-0.2, -0.15) is 5.10 Å². The Labute approximate surface area is 136 Å². The molecule has 2 N–H and O–H groups in total. The Morgan fingerprint density at radius 3 is 2.91 bits per heavy atom. The van der Waals surface area contributed by atoms with E-state index in [1.807, 2.05) is 48.7 Å². The third kappa shape index (κ3) is 6.36. The van der Waals surface area contributed by atoms with Crippen LogP contribution in [0.2, 0.25) is 0 Å². The van der Waals surface area contributed by atoms with Crippen LogP contribution in [-0.4, -0.2) is 36.1 Å². The Bertz CT molecular complexity index is 623. The average molecular weight is 314 g/mol. The molecular weight excluding hydrogens is 292 g/mol. The number of amides is 2. The first-order chi connectivity index (χ1) is 11.3. The van der Waals surface area contributed by atoms with E-state index >= 15 is 0 Å². The van der Waals surface area contributed by atoms with Crippen LogP contribution in [0, 0.1) is 0 Å². The van der Waals surface area contributed by atoms with Crippen molar-refractivity contribution in [3.8, 4) is 0 Å². The topological polar surface area (TPSA) is 68.2 Å². The second-order valence-corrected chi connectivity index (χ2v) is 4.96. The number of aromatic nitrogens is 2. The molecule has 122 valence electrons. The first-order valence-corrected chi connectivity index (χ1v) is 7.57. The third-order valence-electron chi connectivity index (χ3n) is 3.11. The summed E-state index contributed by atoms with van der Waals surface area (Å²) in [6.07, 6.45) is 6.58. The summed E-state index contributed by atoms with van der Waals surface area (Å²) in [7, 11) is 1.67. The van der Waals surface area contributed by atoms with Gasteiger partial charge in [0.2, 0.25) is 0 Å². The van der Waals surface area contributed by atoms with Crippen LogP contribution in [0.5, 0.6) is 0 Å². The van der Waals surface area contributed by atoms with Gasteiger partial charge in [-0.25, -0.2) is 4.79 Å². The van der Waals surface area contributed by atoms with E-state index in [4.69, 9.17) is 4.74 Å². The molecule has 0 spiro atoms. The van der Waals surface area contributed by atoms with Crippen molar-refractivity contribution in [2.24, 2.45) is 0 Å². The van der Waals surface area contributed by atoms with Crippen molar-refractivity contribution in [1.29, 1.82) is 0 Å². The molecule has 1 aromatic heterocycles. The monoisotopic (exact) mass is 314 g/mol. The smallest absolute Gasteiger partial charge is 0.320 e. The number of carbonyl (C=O) groups excluding carboxylic acids is 1. The summed E-state index contributed by atoms with van der Waals surface area (Å²) in [5.74, 6) is 0.534. The molecule has 2 aromatic rings. The van der Waals surface area contributed by atoms with Crippen molar-refractivity contribution in [3.63, 3.8) is 0 Å². The first-order valence-electron chi connectivity index (χ1n) is 7.57. The molecule has 6 nitrogen and oxygen atoms in total. The minimum absolute atomic E-state index is 0.273. The van der Waals surface area contributed by atoms with Gasteiger partial charge in [0.1, 0.15) is 0 Å². The summed E-state index contributed by atoms with van der Waals surface area (Å²) in [6.45, 7) is 1.91.